The summed E-state index contributed by atoms with van der Waals surface area (Å²) >= 11 is 0. The monoisotopic (exact) mass is 1130 g/mol. The molecule has 0 spiro atoms. The molecule has 6 N–H and O–H groups in total. The molecule has 7 unspecified atom stereocenters. The highest BCUT2D eigenvalue weighted by atomic mass is 16.7. The van der Waals surface area contributed by atoms with E-state index in [2.05, 4.69) is 129 Å². The highest BCUT2D eigenvalue weighted by Crippen LogP contribution is 2.23. The summed E-state index contributed by atoms with van der Waals surface area (Å²) in [5.74, 6) is -0.164. The van der Waals surface area contributed by atoms with Crippen LogP contribution in [0.15, 0.2) is 109 Å². The Hall–Kier alpha value is -3.15. The van der Waals surface area contributed by atoms with Crippen LogP contribution in [0.25, 0.3) is 0 Å². The van der Waals surface area contributed by atoms with Gasteiger partial charge in [0.05, 0.1) is 25.4 Å². The molecule has 1 fully saturated rings. The van der Waals surface area contributed by atoms with Crippen molar-refractivity contribution in [2.75, 3.05) is 13.2 Å². The minimum atomic E-state index is -1.56. The third-order valence-corrected chi connectivity index (χ3v) is 15.4. The maximum atomic E-state index is 13.1. The Balaban J connectivity index is 2.19. The smallest absolute Gasteiger partial charge is 0.220 e. The van der Waals surface area contributed by atoms with Crippen molar-refractivity contribution in [3.63, 3.8) is 0 Å². The second-order valence-corrected chi connectivity index (χ2v) is 22.9. The number of carbonyl (C=O) groups excluding carboxylic acids is 1. The number of rotatable bonds is 57. The van der Waals surface area contributed by atoms with E-state index in [1.807, 2.05) is 0 Å². The molecule has 7 atom stereocenters. The van der Waals surface area contributed by atoms with Crippen LogP contribution in [0.3, 0.4) is 0 Å². The van der Waals surface area contributed by atoms with E-state index in [4.69, 9.17) is 9.47 Å². The largest absolute Gasteiger partial charge is 0.394 e. The molecule has 0 aromatic rings. The van der Waals surface area contributed by atoms with Crippen molar-refractivity contribution in [3.8, 4) is 0 Å². The number of hydrogen-bond donors (Lipinski definition) is 6. The molecule has 0 aromatic heterocycles. The number of nitrogens with one attached hydrogen (secondary N) is 1. The number of hydrogen-bond acceptors (Lipinski definition) is 8. The van der Waals surface area contributed by atoms with E-state index in [-0.39, 0.29) is 12.5 Å². The van der Waals surface area contributed by atoms with Crippen LogP contribution in [-0.4, -0.2) is 87.5 Å². The first-order chi connectivity index (χ1) is 39.8. The second kappa shape index (κ2) is 60.0. The highest BCUT2D eigenvalue weighted by Gasteiger charge is 2.44. The van der Waals surface area contributed by atoms with Crippen LogP contribution >= 0.6 is 0 Å². The first kappa shape index (κ1) is 75.9. The molecule has 9 heteroatoms. The SMILES string of the molecule is CC/C=C\C/C=C\C/C=C\C/C=C\C/C=C\C/C=C\C/C=C\C/C=C\C/C=C\CCCCCCCC(=O)NC(COC1OC(CO)C(O)C(O)C1O)C(O)CCCCCCCCCCCCCCCCCCCCCCCCCCC. The number of unbranched alkanes of at least 4 members (excludes halogenated alkanes) is 29. The fraction of sp³-hybridized carbons (Fsp3) is 0.736. The lowest BCUT2D eigenvalue weighted by Crippen LogP contribution is -2.60. The molecule has 0 radical (unpaired) electrons. The average molecular weight is 1130 g/mol. The molecule has 1 aliphatic heterocycles. The summed E-state index contributed by atoms with van der Waals surface area (Å²) < 4.78 is 11.3. The van der Waals surface area contributed by atoms with Crippen molar-refractivity contribution in [1.29, 1.82) is 0 Å². The normalized spacial score (nSPS) is 19.1. The predicted octanol–water partition coefficient (Wildman–Crippen LogP) is 18.1. The lowest BCUT2D eigenvalue weighted by Gasteiger charge is -2.40. The Kier molecular flexibility index (Phi) is 56.2. The Bertz CT molecular complexity index is 1640. The summed E-state index contributed by atoms with van der Waals surface area (Å²) in [5.41, 5.74) is 0. The molecule has 0 aliphatic carbocycles. The van der Waals surface area contributed by atoms with E-state index in [9.17, 15) is 30.3 Å². The Labute approximate surface area is 497 Å². The van der Waals surface area contributed by atoms with Crippen LogP contribution in [0, 0.1) is 0 Å². The quantitative estimate of drug-likeness (QED) is 0.0261. The van der Waals surface area contributed by atoms with Crippen molar-refractivity contribution in [2.24, 2.45) is 0 Å². The molecular formula is C72H125NO8. The van der Waals surface area contributed by atoms with Gasteiger partial charge in [-0.05, 0) is 83.5 Å². The number of aliphatic hydroxyl groups excluding tert-OH is 5. The Morgan fingerprint density at radius 1 is 0.432 bits per heavy atom. The first-order valence-corrected chi connectivity index (χ1v) is 33.6. The Morgan fingerprint density at radius 2 is 0.765 bits per heavy atom. The van der Waals surface area contributed by atoms with Gasteiger partial charge in [-0.2, -0.15) is 0 Å². The zero-order chi connectivity index (χ0) is 58.6. The van der Waals surface area contributed by atoms with Crippen LogP contribution in [-0.2, 0) is 14.3 Å². The summed E-state index contributed by atoms with van der Waals surface area (Å²) in [7, 11) is 0. The van der Waals surface area contributed by atoms with Gasteiger partial charge in [0.1, 0.15) is 24.4 Å². The summed E-state index contributed by atoms with van der Waals surface area (Å²) in [6.45, 7) is 3.74. The summed E-state index contributed by atoms with van der Waals surface area (Å²) in [6.07, 6.45) is 81.3. The van der Waals surface area contributed by atoms with Gasteiger partial charge >= 0.3 is 0 Å². The standard InChI is InChI=1S/C72H125NO8/c1-3-5-7-9-11-13-15-17-19-21-23-25-27-29-30-31-32-33-34-35-36-38-40-42-44-46-48-50-52-54-56-58-60-62-68(76)73-65(64-80-72-71(79)70(78)69(77)67(63-74)81-72)66(75)61-59-57-55-53-51-49-47-45-43-41-39-37-28-26-24-22-20-18-16-14-12-10-8-6-4-2/h5,7,11,13,17,19,23,25,29-30,32-33,35-36,40,42,46,48,65-67,69-72,74-75,77-79H,3-4,6,8-10,12,14-16,18,20-22,24,26-28,31,34,37-39,41,43-45,47,49-64H2,1-2H3,(H,73,76)/b7-5-,13-11-,19-17-,25-23-,30-29-,33-32-,36-35-,42-40-,48-46-. The molecule has 0 saturated carbocycles. The molecule has 1 aliphatic rings. The fourth-order valence-electron chi connectivity index (χ4n) is 10.2. The van der Waals surface area contributed by atoms with Crippen LogP contribution in [0.4, 0.5) is 0 Å². The number of ether oxygens (including phenoxy) is 2. The van der Waals surface area contributed by atoms with E-state index in [1.165, 1.54) is 141 Å². The zero-order valence-electron chi connectivity index (χ0n) is 52.0. The minimum Gasteiger partial charge on any atom is -0.394 e. The lowest BCUT2D eigenvalue weighted by molar-refractivity contribution is -0.302. The van der Waals surface area contributed by atoms with Crippen LogP contribution < -0.4 is 5.32 Å². The van der Waals surface area contributed by atoms with E-state index in [1.54, 1.807) is 0 Å². The van der Waals surface area contributed by atoms with Crippen molar-refractivity contribution < 1.29 is 39.8 Å². The average Bonchev–Trinajstić information content (AvgIpc) is 3.50. The molecule has 0 aromatic carbocycles. The van der Waals surface area contributed by atoms with E-state index in [0.29, 0.717) is 12.8 Å². The van der Waals surface area contributed by atoms with Crippen molar-refractivity contribution in [3.05, 3.63) is 109 Å². The number of amides is 1. The maximum Gasteiger partial charge on any atom is 0.220 e. The molecule has 1 amide bonds. The van der Waals surface area contributed by atoms with Crippen molar-refractivity contribution in [2.45, 2.75) is 326 Å². The van der Waals surface area contributed by atoms with Gasteiger partial charge in [0.2, 0.25) is 5.91 Å². The van der Waals surface area contributed by atoms with Crippen molar-refractivity contribution in [1.82, 2.24) is 5.32 Å². The van der Waals surface area contributed by atoms with E-state index < -0.39 is 49.5 Å². The van der Waals surface area contributed by atoms with Crippen LogP contribution in [0.2, 0.25) is 0 Å². The summed E-state index contributed by atoms with van der Waals surface area (Å²) in [4.78, 5) is 13.1. The van der Waals surface area contributed by atoms with E-state index in [0.717, 1.165) is 116 Å². The number of allylic oxidation sites excluding steroid dienone is 18. The molecule has 1 rings (SSSR count). The lowest BCUT2D eigenvalue weighted by atomic mass is 9.99. The van der Waals surface area contributed by atoms with Crippen LogP contribution in [0.5, 0.6) is 0 Å². The Morgan fingerprint density at radius 3 is 1.14 bits per heavy atom. The molecule has 1 heterocycles. The van der Waals surface area contributed by atoms with Gasteiger partial charge in [-0.1, -0.05) is 303 Å². The van der Waals surface area contributed by atoms with Gasteiger partial charge < -0.3 is 40.3 Å². The van der Waals surface area contributed by atoms with Gasteiger partial charge in [-0.3, -0.25) is 4.79 Å². The van der Waals surface area contributed by atoms with Crippen LogP contribution in [0.1, 0.15) is 284 Å². The molecular weight excluding hydrogens is 1010 g/mol. The summed E-state index contributed by atoms with van der Waals surface area (Å²) in [5, 5.41) is 54.9. The third-order valence-electron chi connectivity index (χ3n) is 15.4. The fourth-order valence-corrected chi connectivity index (χ4v) is 10.2. The van der Waals surface area contributed by atoms with Gasteiger partial charge in [0, 0.05) is 6.42 Å². The van der Waals surface area contributed by atoms with Gasteiger partial charge in [0.25, 0.3) is 0 Å². The van der Waals surface area contributed by atoms with E-state index >= 15 is 0 Å². The molecule has 1 saturated heterocycles. The van der Waals surface area contributed by atoms with Crippen molar-refractivity contribution >= 4 is 5.91 Å². The molecule has 81 heavy (non-hydrogen) atoms. The highest BCUT2D eigenvalue weighted by molar-refractivity contribution is 5.76. The molecule has 0 bridgehead atoms. The molecule has 9 nitrogen and oxygen atoms in total. The number of aliphatic hydroxyl groups is 5. The maximum absolute atomic E-state index is 13.1. The zero-order valence-corrected chi connectivity index (χ0v) is 52.0. The molecule has 466 valence electrons. The van der Waals surface area contributed by atoms with Gasteiger partial charge in [-0.25, -0.2) is 0 Å². The third kappa shape index (κ3) is 48.9. The van der Waals surface area contributed by atoms with Gasteiger partial charge in [-0.15, -0.1) is 0 Å². The topological polar surface area (TPSA) is 149 Å². The summed E-state index contributed by atoms with van der Waals surface area (Å²) in [6, 6.07) is -0.739. The van der Waals surface area contributed by atoms with Gasteiger partial charge in [0.15, 0.2) is 6.29 Å². The minimum absolute atomic E-state index is 0.152. The second-order valence-electron chi connectivity index (χ2n) is 22.9. The number of carbonyl (C=O) groups is 1. The first-order valence-electron chi connectivity index (χ1n) is 33.6. The predicted molar refractivity (Wildman–Crippen MR) is 345 cm³/mol.